The number of ether oxygens (including phenoxy) is 3. The van der Waals surface area contributed by atoms with Gasteiger partial charge in [0.1, 0.15) is 29.4 Å². The van der Waals surface area contributed by atoms with Gasteiger partial charge >= 0.3 is 20.5 Å². The third kappa shape index (κ3) is 6.48. The molecule has 0 saturated heterocycles. The van der Waals surface area contributed by atoms with Crippen LogP contribution < -0.4 is 24.3 Å². The van der Waals surface area contributed by atoms with Crippen LogP contribution in [0.5, 0.6) is 17.2 Å². The van der Waals surface area contributed by atoms with Gasteiger partial charge in [0.05, 0.1) is 30.8 Å². The Bertz CT molecular complexity index is 2090. The average molecular weight is 717 g/mol. The van der Waals surface area contributed by atoms with Crippen molar-refractivity contribution in [1.82, 2.24) is 9.55 Å². The summed E-state index contributed by atoms with van der Waals surface area (Å²) in [6, 6.07) is 30.9. The molecule has 0 atom stereocenters. The Morgan fingerprint density at radius 1 is 0.820 bits per heavy atom. The maximum atomic E-state index is 13.6. The SMILES string of the molecule is COC(=O)c1sc(-n2cnc3cc(O[Si](c4ccccc4)(c4ccccc4)C(C)(C)C)c(OC)cc32)cc1OCc1ccccc1C(F)(F)F. The highest BCUT2D eigenvalue weighted by Gasteiger charge is 2.52. The predicted octanol–water partition coefficient (Wildman–Crippen LogP) is 8.42. The number of imidazole rings is 1. The van der Waals surface area contributed by atoms with E-state index in [9.17, 15) is 18.0 Å². The first kappa shape index (κ1) is 34.8. The van der Waals surface area contributed by atoms with Crippen molar-refractivity contribution in [2.75, 3.05) is 14.2 Å². The number of hydrogen-bond acceptors (Lipinski definition) is 7. The van der Waals surface area contributed by atoms with Gasteiger partial charge < -0.3 is 18.6 Å². The molecular formula is C38H35F3N2O5SSi. The Kier molecular flexibility index (Phi) is 9.51. The fraction of sp³-hybridized carbons (Fsp3) is 0.211. The molecule has 2 heterocycles. The number of alkyl halides is 3. The van der Waals surface area contributed by atoms with E-state index in [4.69, 9.17) is 18.6 Å². The molecule has 0 saturated carbocycles. The molecule has 0 aliphatic carbocycles. The largest absolute Gasteiger partial charge is 0.531 e. The molecule has 0 N–H and O–H groups in total. The van der Waals surface area contributed by atoms with Gasteiger partial charge in [-0.25, -0.2) is 9.78 Å². The normalized spacial score (nSPS) is 12.2. The summed E-state index contributed by atoms with van der Waals surface area (Å²) in [5.74, 6) is 0.433. The fourth-order valence-corrected chi connectivity index (χ4v) is 11.6. The third-order valence-corrected chi connectivity index (χ3v) is 14.5. The van der Waals surface area contributed by atoms with Gasteiger partial charge in [-0.05, 0) is 21.5 Å². The number of benzene rings is 4. The molecular weight excluding hydrogens is 682 g/mol. The second-order valence-electron chi connectivity index (χ2n) is 12.6. The summed E-state index contributed by atoms with van der Waals surface area (Å²) in [5.41, 5.74) is 0.394. The molecule has 7 nitrogen and oxygen atoms in total. The van der Waals surface area contributed by atoms with Crippen LogP contribution in [-0.4, -0.2) is 38.1 Å². The lowest BCUT2D eigenvalue weighted by molar-refractivity contribution is -0.138. The van der Waals surface area contributed by atoms with Crippen molar-refractivity contribution in [2.45, 2.75) is 38.6 Å². The highest BCUT2D eigenvalue weighted by molar-refractivity contribution is 7.16. The molecule has 0 radical (unpaired) electrons. The van der Waals surface area contributed by atoms with E-state index in [2.05, 4.69) is 50.0 Å². The number of esters is 1. The zero-order valence-electron chi connectivity index (χ0n) is 28.1. The molecule has 0 spiro atoms. The molecule has 12 heteroatoms. The Labute approximate surface area is 293 Å². The van der Waals surface area contributed by atoms with Gasteiger partial charge in [0.15, 0.2) is 10.6 Å². The van der Waals surface area contributed by atoms with Crippen LogP contribution in [0.3, 0.4) is 0 Å². The number of hydrogen-bond donors (Lipinski definition) is 0. The van der Waals surface area contributed by atoms with E-state index in [0.29, 0.717) is 27.5 Å². The lowest BCUT2D eigenvalue weighted by Crippen LogP contribution is -2.68. The maximum Gasteiger partial charge on any atom is 0.416 e. The number of thiophene rings is 1. The van der Waals surface area contributed by atoms with Crippen molar-refractivity contribution in [1.29, 1.82) is 0 Å². The highest BCUT2D eigenvalue weighted by Crippen LogP contribution is 2.43. The first-order chi connectivity index (χ1) is 23.9. The Morgan fingerprint density at radius 3 is 2.02 bits per heavy atom. The first-order valence-electron chi connectivity index (χ1n) is 15.7. The van der Waals surface area contributed by atoms with Crippen molar-refractivity contribution in [3.63, 3.8) is 0 Å². The number of nitrogens with zero attached hydrogens (tertiary/aromatic N) is 2. The molecule has 0 aliphatic heterocycles. The number of halogens is 3. The van der Waals surface area contributed by atoms with Crippen LogP contribution in [0.4, 0.5) is 13.2 Å². The van der Waals surface area contributed by atoms with Crippen LogP contribution in [-0.2, 0) is 17.5 Å². The third-order valence-electron chi connectivity index (χ3n) is 8.51. The van der Waals surface area contributed by atoms with E-state index in [1.165, 1.54) is 25.3 Å². The zero-order chi connectivity index (χ0) is 35.7. The number of carbonyl (C=O) groups is 1. The molecule has 0 amide bonds. The van der Waals surface area contributed by atoms with Gasteiger partial charge in [-0.1, -0.05) is 99.6 Å². The molecule has 2 aromatic heterocycles. The lowest BCUT2D eigenvalue weighted by Gasteiger charge is -2.43. The van der Waals surface area contributed by atoms with Gasteiger partial charge in [-0.3, -0.25) is 4.57 Å². The standard InChI is InChI=1S/C38H35F3N2O5SSi/c1-37(2,3)50(26-15-8-6-9-16-26,27-17-10-7-11-18-27)48-32-20-29-30(21-31(32)45-4)43(24-42-29)34-22-33(35(49-34)36(44)46-5)47-23-25-14-12-13-19-28(25)38(39,40)41/h6-22,24H,23H2,1-5H3. The monoisotopic (exact) mass is 716 g/mol. The molecule has 0 unspecified atom stereocenters. The van der Waals surface area contributed by atoms with E-state index in [-0.39, 0.29) is 21.2 Å². The Balaban J connectivity index is 1.42. The van der Waals surface area contributed by atoms with Gasteiger partial charge in [-0.2, -0.15) is 13.2 Å². The molecule has 4 aromatic carbocycles. The minimum absolute atomic E-state index is 0.0604. The predicted molar refractivity (Wildman–Crippen MR) is 191 cm³/mol. The Hall–Kier alpha value is -5.07. The van der Waals surface area contributed by atoms with E-state index in [1.807, 2.05) is 48.5 Å². The van der Waals surface area contributed by atoms with Crippen molar-refractivity contribution in [3.05, 3.63) is 125 Å². The fourth-order valence-electron chi connectivity index (χ4n) is 6.15. The summed E-state index contributed by atoms with van der Waals surface area (Å²) < 4.78 is 66.7. The molecule has 50 heavy (non-hydrogen) atoms. The van der Waals surface area contributed by atoms with Crippen LogP contribution in [0.1, 0.15) is 41.6 Å². The summed E-state index contributed by atoms with van der Waals surface area (Å²) in [5, 5.41) is 2.44. The molecule has 6 aromatic rings. The first-order valence-corrected chi connectivity index (χ1v) is 18.5. The van der Waals surface area contributed by atoms with Crippen LogP contribution >= 0.6 is 11.3 Å². The summed E-state index contributed by atoms with van der Waals surface area (Å²) in [7, 11) is -0.201. The van der Waals surface area contributed by atoms with E-state index >= 15 is 0 Å². The summed E-state index contributed by atoms with van der Waals surface area (Å²) in [6.07, 6.45) is -2.95. The minimum atomic E-state index is -4.56. The van der Waals surface area contributed by atoms with Crippen LogP contribution in [0.2, 0.25) is 5.04 Å². The maximum absolute atomic E-state index is 13.6. The minimum Gasteiger partial charge on any atom is -0.531 e. The number of methoxy groups -OCH3 is 2. The number of rotatable bonds is 10. The number of fused-ring (bicyclic) bond motifs is 1. The summed E-state index contributed by atoms with van der Waals surface area (Å²) in [4.78, 5) is 17.6. The van der Waals surface area contributed by atoms with Crippen molar-refractivity contribution >= 4 is 47.0 Å². The number of aromatic nitrogens is 2. The van der Waals surface area contributed by atoms with Crippen molar-refractivity contribution in [2.24, 2.45) is 0 Å². The second-order valence-corrected chi connectivity index (χ2v) is 17.8. The van der Waals surface area contributed by atoms with Crippen LogP contribution in [0.25, 0.3) is 16.0 Å². The van der Waals surface area contributed by atoms with E-state index < -0.39 is 32.6 Å². The summed E-state index contributed by atoms with van der Waals surface area (Å²) in [6.45, 7) is 6.17. The zero-order valence-corrected chi connectivity index (χ0v) is 29.9. The van der Waals surface area contributed by atoms with Gasteiger partial charge in [0, 0.05) is 23.8 Å². The lowest BCUT2D eigenvalue weighted by atomic mass is 10.1. The molecule has 0 bridgehead atoms. The molecule has 0 aliphatic rings. The summed E-state index contributed by atoms with van der Waals surface area (Å²) >= 11 is 1.07. The quantitative estimate of drug-likeness (QED) is 0.105. The number of carbonyl (C=O) groups excluding carboxylic acids is 1. The highest BCUT2D eigenvalue weighted by atomic mass is 32.1. The molecule has 258 valence electrons. The smallest absolute Gasteiger partial charge is 0.416 e. The van der Waals surface area contributed by atoms with E-state index in [1.54, 1.807) is 24.1 Å². The van der Waals surface area contributed by atoms with Crippen molar-refractivity contribution in [3.8, 4) is 22.2 Å². The van der Waals surface area contributed by atoms with E-state index in [0.717, 1.165) is 27.8 Å². The van der Waals surface area contributed by atoms with Crippen LogP contribution in [0, 0.1) is 0 Å². The Morgan fingerprint density at radius 2 is 1.44 bits per heavy atom. The molecule has 6 rings (SSSR count). The van der Waals surface area contributed by atoms with Crippen molar-refractivity contribution < 1.29 is 36.6 Å². The van der Waals surface area contributed by atoms with Crippen LogP contribution in [0.15, 0.2) is 109 Å². The molecule has 0 fully saturated rings. The second kappa shape index (κ2) is 13.7. The van der Waals surface area contributed by atoms with Gasteiger partial charge in [0.25, 0.3) is 0 Å². The topological polar surface area (TPSA) is 71.8 Å². The van der Waals surface area contributed by atoms with Gasteiger partial charge in [-0.15, -0.1) is 11.3 Å². The average Bonchev–Trinajstić information content (AvgIpc) is 3.72. The van der Waals surface area contributed by atoms with Gasteiger partial charge in [0.2, 0.25) is 0 Å².